The first kappa shape index (κ1) is 11.8. The van der Waals surface area contributed by atoms with Crippen LogP contribution in [0.25, 0.3) is 0 Å². The van der Waals surface area contributed by atoms with Crippen LogP contribution in [0.2, 0.25) is 0 Å². The topological polar surface area (TPSA) is 88.2 Å². The SMILES string of the molecule is CCOC(=O)/C(C(=N)Cl)=C(\N)NC. The predicted octanol–water partition coefficient (Wildman–Crippen LogP) is 0.155. The van der Waals surface area contributed by atoms with Gasteiger partial charge in [-0.1, -0.05) is 11.6 Å². The number of nitrogens with one attached hydrogen (secondary N) is 2. The number of rotatable bonds is 4. The average Bonchev–Trinajstić information content (AvgIpc) is 2.04. The molecular formula is C7H12ClN3O2. The molecule has 0 aliphatic rings. The smallest absolute Gasteiger partial charge is 0.344 e. The molecule has 0 heterocycles. The third-order valence-electron chi connectivity index (χ3n) is 1.24. The fourth-order valence-electron chi connectivity index (χ4n) is 0.646. The van der Waals surface area contributed by atoms with Crippen LogP contribution in [0.4, 0.5) is 0 Å². The molecule has 0 bridgehead atoms. The molecule has 0 aliphatic heterocycles. The van der Waals surface area contributed by atoms with E-state index < -0.39 is 11.1 Å². The van der Waals surface area contributed by atoms with Crippen LogP contribution in [0.5, 0.6) is 0 Å². The maximum absolute atomic E-state index is 11.2. The molecule has 0 amide bonds. The maximum Gasteiger partial charge on any atom is 0.344 e. The zero-order valence-corrected chi connectivity index (χ0v) is 8.23. The van der Waals surface area contributed by atoms with Gasteiger partial charge in [-0.15, -0.1) is 0 Å². The highest BCUT2D eigenvalue weighted by Crippen LogP contribution is 2.05. The first-order valence-electron chi connectivity index (χ1n) is 3.63. The average molecular weight is 206 g/mol. The third-order valence-corrected chi connectivity index (χ3v) is 1.43. The molecule has 0 unspecified atom stereocenters. The minimum atomic E-state index is -0.700. The Labute approximate surface area is 81.4 Å². The van der Waals surface area contributed by atoms with Gasteiger partial charge in [-0.2, -0.15) is 0 Å². The van der Waals surface area contributed by atoms with E-state index in [0.29, 0.717) is 0 Å². The number of hydrogen-bond donors (Lipinski definition) is 3. The minimum absolute atomic E-state index is 0.0263. The Hall–Kier alpha value is -1.23. The summed E-state index contributed by atoms with van der Waals surface area (Å²) in [4.78, 5) is 11.2. The van der Waals surface area contributed by atoms with Gasteiger partial charge in [-0.05, 0) is 6.92 Å². The molecular weight excluding hydrogens is 194 g/mol. The molecule has 0 saturated heterocycles. The predicted molar refractivity (Wildman–Crippen MR) is 50.5 cm³/mol. The molecule has 0 aromatic carbocycles. The van der Waals surface area contributed by atoms with Gasteiger partial charge in [0.25, 0.3) is 0 Å². The van der Waals surface area contributed by atoms with E-state index in [1.165, 1.54) is 7.05 Å². The number of ether oxygens (including phenoxy) is 1. The lowest BCUT2D eigenvalue weighted by molar-refractivity contribution is -0.137. The number of nitrogens with two attached hydrogens (primary N) is 1. The van der Waals surface area contributed by atoms with Gasteiger partial charge in [0.1, 0.15) is 16.6 Å². The van der Waals surface area contributed by atoms with Crippen LogP contribution < -0.4 is 11.1 Å². The zero-order chi connectivity index (χ0) is 10.4. The molecule has 74 valence electrons. The van der Waals surface area contributed by atoms with Crippen LogP contribution in [-0.4, -0.2) is 24.8 Å². The molecule has 0 spiro atoms. The lowest BCUT2D eigenvalue weighted by atomic mass is 10.3. The van der Waals surface area contributed by atoms with Crippen molar-refractivity contribution in [2.75, 3.05) is 13.7 Å². The number of esters is 1. The van der Waals surface area contributed by atoms with Gasteiger partial charge >= 0.3 is 5.97 Å². The number of carbonyl (C=O) groups is 1. The van der Waals surface area contributed by atoms with Crippen LogP contribution >= 0.6 is 11.6 Å². The van der Waals surface area contributed by atoms with E-state index in [9.17, 15) is 4.79 Å². The van der Waals surface area contributed by atoms with Crippen molar-refractivity contribution in [3.05, 3.63) is 11.4 Å². The Bertz CT molecular complexity index is 250. The lowest BCUT2D eigenvalue weighted by Gasteiger charge is -2.07. The van der Waals surface area contributed by atoms with E-state index in [1.54, 1.807) is 6.92 Å². The van der Waals surface area contributed by atoms with Crippen molar-refractivity contribution in [1.82, 2.24) is 5.32 Å². The van der Waals surface area contributed by atoms with Crippen LogP contribution in [0, 0.1) is 5.41 Å². The van der Waals surface area contributed by atoms with Crippen molar-refractivity contribution in [2.24, 2.45) is 5.73 Å². The molecule has 0 saturated carbocycles. The molecule has 0 aromatic rings. The molecule has 6 heteroatoms. The van der Waals surface area contributed by atoms with Crippen molar-refractivity contribution in [1.29, 1.82) is 5.41 Å². The number of halogens is 1. The fraction of sp³-hybridized carbons (Fsp3) is 0.429. The van der Waals surface area contributed by atoms with Crippen molar-refractivity contribution in [2.45, 2.75) is 6.92 Å². The van der Waals surface area contributed by atoms with E-state index in [-0.39, 0.29) is 18.0 Å². The Morgan fingerprint density at radius 3 is 2.54 bits per heavy atom. The molecule has 4 N–H and O–H groups in total. The summed E-state index contributed by atoms with van der Waals surface area (Å²) in [6.45, 7) is 1.87. The molecule has 0 radical (unpaired) electrons. The van der Waals surface area contributed by atoms with Crippen LogP contribution in [0.15, 0.2) is 11.4 Å². The molecule has 5 nitrogen and oxygen atoms in total. The molecule has 0 aliphatic carbocycles. The molecule has 0 rings (SSSR count). The van der Waals surface area contributed by atoms with Gasteiger partial charge in [0.2, 0.25) is 0 Å². The van der Waals surface area contributed by atoms with Gasteiger partial charge in [0.05, 0.1) is 6.61 Å². The van der Waals surface area contributed by atoms with Crippen LogP contribution in [0.1, 0.15) is 6.92 Å². The summed E-state index contributed by atoms with van der Waals surface area (Å²) in [5.74, 6) is -0.673. The highest BCUT2D eigenvalue weighted by molar-refractivity contribution is 6.71. The summed E-state index contributed by atoms with van der Waals surface area (Å²) in [7, 11) is 1.52. The maximum atomic E-state index is 11.2. The van der Waals surface area contributed by atoms with Gasteiger partial charge in [0.15, 0.2) is 0 Å². The second-order valence-electron chi connectivity index (χ2n) is 2.07. The standard InChI is InChI=1S/C7H12ClN3O2/c1-3-13-7(12)4(5(8)9)6(10)11-2/h9,11H,3,10H2,1-2H3/b6-4+,9-5?. The summed E-state index contributed by atoms with van der Waals surface area (Å²) < 4.78 is 4.65. The van der Waals surface area contributed by atoms with Crippen molar-refractivity contribution in [3.8, 4) is 0 Å². The Morgan fingerprint density at radius 2 is 2.23 bits per heavy atom. The lowest BCUT2D eigenvalue weighted by Crippen LogP contribution is -2.25. The van der Waals surface area contributed by atoms with Gasteiger partial charge in [0, 0.05) is 7.05 Å². The van der Waals surface area contributed by atoms with Crippen LogP contribution in [-0.2, 0) is 9.53 Å². The fourth-order valence-corrected chi connectivity index (χ4v) is 0.825. The highest BCUT2D eigenvalue weighted by atomic mass is 35.5. The summed E-state index contributed by atoms with van der Waals surface area (Å²) >= 11 is 5.35. The van der Waals surface area contributed by atoms with Gasteiger partial charge < -0.3 is 15.8 Å². The quantitative estimate of drug-likeness (QED) is 0.347. The van der Waals surface area contributed by atoms with Crippen molar-refractivity contribution < 1.29 is 9.53 Å². The highest BCUT2D eigenvalue weighted by Gasteiger charge is 2.18. The third kappa shape index (κ3) is 3.33. The summed E-state index contributed by atoms with van der Waals surface area (Å²) in [5, 5.41) is 9.16. The molecule has 0 fully saturated rings. The largest absolute Gasteiger partial charge is 0.462 e. The second-order valence-corrected chi connectivity index (χ2v) is 2.45. The summed E-state index contributed by atoms with van der Waals surface area (Å²) in [6, 6.07) is 0. The van der Waals surface area contributed by atoms with E-state index in [0.717, 1.165) is 0 Å². The Morgan fingerprint density at radius 1 is 1.69 bits per heavy atom. The van der Waals surface area contributed by atoms with E-state index in [1.807, 2.05) is 0 Å². The molecule has 0 aromatic heterocycles. The first-order valence-corrected chi connectivity index (χ1v) is 4.01. The van der Waals surface area contributed by atoms with E-state index in [4.69, 9.17) is 22.7 Å². The normalized spacial score (nSPS) is 11.6. The van der Waals surface area contributed by atoms with Gasteiger partial charge in [-0.3, -0.25) is 5.41 Å². The van der Waals surface area contributed by atoms with Crippen molar-refractivity contribution in [3.63, 3.8) is 0 Å². The summed E-state index contributed by atoms with van der Waals surface area (Å²) in [6.07, 6.45) is 0. The monoisotopic (exact) mass is 205 g/mol. The Balaban J connectivity index is 4.82. The van der Waals surface area contributed by atoms with E-state index >= 15 is 0 Å². The minimum Gasteiger partial charge on any atom is -0.462 e. The number of hydrogen-bond acceptors (Lipinski definition) is 5. The molecule has 13 heavy (non-hydrogen) atoms. The van der Waals surface area contributed by atoms with E-state index in [2.05, 4.69) is 10.1 Å². The number of carbonyl (C=O) groups excluding carboxylic acids is 1. The first-order chi connectivity index (χ1) is 6.04. The molecule has 0 atom stereocenters. The van der Waals surface area contributed by atoms with Crippen molar-refractivity contribution >= 4 is 22.7 Å². The van der Waals surface area contributed by atoms with Crippen LogP contribution in [0.3, 0.4) is 0 Å². The van der Waals surface area contributed by atoms with Gasteiger partial charge in [-0.25, -0.2) is 4.79 Å². The second kappa shape index (κ2) is 5.42. The summed E-state index contributed by atoms with van der Waals surface area (Å²) in [5.41, 5.74) is 5.24. The zero-order valence-electron chi connectivity index (χ0n) is 7.48. The Kier molecular flexibility index (Phi) is 4.91.